The van der Waals surface area contributed by atoms with Gasteiger partial charge < -0.3 is 4.42 Å². The van der Waals surface area contributed by atoms with Gasteiger partial charge >= 0.3 is 0 Å². The molecule has 0 aromatic carbocycles. The molecule has 82 valence electrons. The normalized spacial score (nSPS) is 20.4. The summed E-state index contributed by atoms with van der Waals surface area (Å²) in [6.07, 6.45) is 4.14. The first-order chi connectivity index (χ1) is 7.66. The van der Waals surface area contributed by atoms with Gasteiger partial charge in [0, 0.05) is 6.42 Å². The third kappa shape index (κ3) is 2.08. The maximum absolute atomic E-state index is 11.6. The predicted octanol–water partition coefficient (Wildman–Crippen LogP) is 0.525. The number of carbonyl (C=O) groups excluding carboxylic acids is 3. The molecule has 2 amide bonds. The van der Waals surface area contributed by atoms with E-state index in [1.165, 1.54) is 18.4 Å². The zero-order valence-electron chi connectivity index (χ0n) is 8.30. The number of hydrogen-bond acceptors (Lipinski definition) is 4. The molecule has 1 aromatic rings. The Hall–Kier alpha value is -2.17. The molecule has 16 heavy (non-hydrogen) atoms. The molecule has 2 heterocycles. The molecule has 0 bridgehead atoms. The molecule has 0 aliphatic carbocycles. The molecule has 1 aliphatic heterocycles. The number of imide groups is 1. The zero-order valence-corrected chi connectivity index (χ0v) is 8.30. The average Bonchev–Trinajstić information content (AvgIpc) is 2.84. The molecule has 1 saturated heterocycles. The van der Waals surface area contributed by atoms with E-state index >= 15 is 0 Å². The van der Waals surface area contributed by atoms with Gasteiger partial charge in [0.25, 0.3) is 0 Å². The number of allylic oxidation sites excluding steroid dienone is 1. The highest BCUT2D eigenvalue weighted by atomic mass is 16.3. The number of ketones is 1. The summed E-state index contributed by atoms with van der Waals surface area (Å²) in [5.41, 5.74) is 0. The van der Waals surface area contributed by atoms with Crippen LogP contribution >= 0.6 is 0 Å². The summed E-state index contributed by atoms with van der Waals surface area (Å²) in [6.45, 7) is 0. The summed E-state index contributed by atoms with van der Waals surface area (Å²) in [6, 6.07) is 3.37. The fourth-order valence-corrected chi connectivity index (χ4v) is 1.45. The third-order valence-electron chi connectivity index (χ3n) is 2.27. The minimum atomic E-state index is -0.890. The fraction of sp³-hybridized carbons (Fsp3) is 0.182. The van der Waals surface area contributed by atoms with Crippen LogP contribution in [0, 0.1) is 5.92 Å². The molecular formula is C11H9NO4. The van der Waals surface area contributed by atoms with Crippen molar-refractivity contribution in [3.8, 4) is 0 Å². The van der Waals surface area contributed by atoms with Gasteiger partial charge in [-0.05, 0) is 24.3 Å². The maximum atomic E-state index is 11.6. The van der Waals surface area contributed by atoms with Gasteiger partial charge in [0.05, 0.1) is 6.26 Å². The van der Waals surface area contributed by atoms with E-state index in [4.69, 9.17) is 4.42 Å². The SMILES string of the molecule is O=C1C[C@@H](C(=O)/C=C\c2ccco2)C(=O)N1. The minimum Gasteiger partial charge on any atom is -0.465 e. The highest BCUT2D eigenvalue weighted by Crippen LogP contribution is 2.13. The summed E-state index contributed by atoms with van der Waals surface area (Å²) in [5.74, 6) is -1.69. The van der Waals surface area contributed by atoms with Crippen molar-refractivity contribution in [3.05, 3.63) is 30.2 Å². The van der Waals surface area contributed by atoms with Crippen molar-refractivity contribution < 1.29 is 18.8 Å². The van der Waals surface area contributed by atoms with Crippen molar-refractivity contribution in [2.24, 2.45) is 5.92 Å². The lowest BCUT2D eigenvalue weighted by Gasteiger charge is -1.98. The lowest BCUT2D eigenvalue weighted by atomic mass is 10.0. The Balaban J connectivity index is 2.04. The molecule has 1 aliphatic rings. The Kier molecular flexibility index (Phi) is 2.68. The smallest absolute Gasteiger partial charge is 0.238 e. The lowest BCUT2D eigenvalue weighted by Crippen LogP contribution is -2.25. The van der Waals surface area contributed by atoms with Crippen molar-refractivity contribution in [3.63, 3.8) is 0 Å². The topological polar surface area (TPSA) is 76.4 Å². The molecule has 1 fully saturated rings. The standard InChI is InChI=1S/C11H9NO4/c13-9(4-3-7-2-1-5-16-7)8-6-10(14)12-11(8)15/h1-5,8H,6H2,(H,12,14,15)/b4-3-/t8-/m0/s1. The van der Waals surface area contributed by atoms with Crippen LogP contribution in [0.25, 0.3) is 6.08 Å². The zero-order chi connectivity index (χ0) is 11.5. The van der Waals surface area contributed by atoms with Gasteiger partial charge in [-0.15, -0.1) is 0 Å². The molecule has 0 unspecified atom stereocenters. The van der Waals surface area contributed by atoms with E-state index in [9.17, 15) is 14.4 Å². The largest absolute Gasteiger partial charge is 0.465 e. The molecule has 1 N–H and O–H groups in total. The first kappa shape index (κ1) is 10.4. The summed E-state index contributed by atoms with van der Waals surface area (Å²) in [4.78, 5) is 33.6. The fourth-order valence-electron chi connectivity index (χ4n) is 1.45. The van der Waals surface area contributed by atoms with Crippen LogP contribution in [0.4, 0.5) is 0 Å². The van der Waals surface area contributed by atoms with E-state index in [-0.39, 0.29) is 12.2 Å². The lowest BCUT2D eigenvalue weighted by molar-refractivity contribution is -0.129. The molecule has 1 atom stereocenters. The number of furan rings is 1. The molecule has 0 radical (unpaired) electrons. The monoisotopic (exact) mass is 219 g/mol. The minimum absolute atomic E-state index is 0.0693. The van der Waals surface area contributed by atoms with Crippen LogP contribution in [0.2, 0.25) is 0 Å². The van der Waals surface area contributed by atoms with Crippen molar-refractivity contribution in [2.75, 3.05) is 0 Å². The molecule has 1 aromatic heterocycles. The third-order valence-corrected chi connectivity index (χ3v) is 2.27. The van der Waals surface area contributed by atoms with Gasteiger partial charge in [0.2, 0.25) is 11.8 Å². The Bertz CT molecular complexity index is 458. The highest BCUT2D eigenvalue weighted by molar-refractivity contribution is 6.17. The Morgan fingerprint density at radius 3 is 2.88 bits per heavy atom. The maximum Gasteiger partial charge on any atom is 0.238 e. The Morgan fingerprint density at radius 2 is 2.31 bits per heavy atom. The second kappa shape index (κ2) is 4.14. The van der Waals surface area contributed by atoms with Gasteiger partial charge in [-0.1, -0.05) is 0 Å². The van der Waals surface area contributed by atoms with Crippen LogP contribution < -0.4 is 5.32 Å². The van der Waals surface area contributed by atoms with Crippen LogP contribution in [0.15, 0.2) is 28.9 Å². The van der Waals surface area contributed by atoms with Gasteiger partial charge in [0.15, 0.2) is 5.78 Å². The first-order valence-corrected chi connectivity index (χ1v) is 4.76. The summed E-state index contributed by atoms with van der Waals surface area (Å²) >= 11 is 0. The molecule has 2 rings (SSSR count). The van der Waals surface area contributed by atoms with E-state index in [0.29, 0.717) is 5.76 Å². The predicted molar refractivity (Wildman–Crippen MR) is 54.0 cm³/mol. The van der Waals surface area contributed by atoms with Crippen LogP contribution in [-0.4, -0.2) is 17.6 Å². The molecule has 0 saturated carbocycles. The van der Waals surface area contributed by atoms with Crippen LogP contribution in [-0.2, 0) is 14.4 Å². The van der Waals surface area contributed by atoms with Crippen molar-refractivity contribution >= 4 is 23.7 Å². The second-order valence-corrected chi connectivity index (χ2v) is 3.42. The van der Waals surface area contributed by atoms with E-state index in [1.807, 2.05) is 0 Å². The Labute approximate surface area is 91.1 Å². The van der Waals surface area contributed by atoms with E-state index in [0.717, 1.165) is 0 Å². The number of nitrogens with one attached hydrogen (secondary N) is 1. The van der Waals surface area contributed by atoms with Gasteiger partial charge in [-0.2, -0.15) is 0 Å². The van der Waals surface area contributed by atoms with Crippen LogP contribution in [0.5, 0.6) is 0 Å². The van der Waals surface area contributed by atoms with Crippen molar-refractivity contribution in [1.82, 2.24) is 5.32 Å². The van der Waals surface area contributed by atoms with Crippen molar-refractivity contribution in [2.45, 2.75) is 6.42 Å². The first-order valence-electron chi connectivity index (χ1n) is 4.76. The quantitative estimate of drug-likeness (QED) is 0.457. The summed E-state index contributed by atoms with van der Waals surface area (Å²) in [7, 11) is 0. The van der Waals surface area contributed by atoms with Gasteiger partial charge in [-0.25, -0.2) is 0 Å². The van der Waals surface area contributed by atoms with Gasteiger partial charge in [-0.3, -0.25) is 19.7 Å². The van der Waals surface area contributed by atoms with E-state index < -0.39 is 17.7 Å². The van der Waals surface area contributed by atoms with Gasteiger partial charge in [0.1, 0.15) is 11.7 Å². The number of rotatable bonds is 3. The Morgan fingerprint density at radius 1 is 1.50 bits per heavy atom. The summed E-state index contributed by atoms with van der Waals surface area (Å²) in [5, 5.41) is 2.08. The average molecular weight is 219 g/mol. The second-order valence-electron chi connectivity index (χ2n) is 3.42. The molecular weight excluding hydrogens is 210 g/mol. The van der Waals surface area contributed by atoms with Crippen molar-refractivity contribution in [1.29, 1.82) is 0 Å². The summed E-state index contributed by atoms with van der Waals surface area (Å²) < 4.78 is 4.99. The van der Waals surface area contributed by atoms with Crippen LogP contribution in [0.3, 0.4) is 0 Å². The number of hydrogen-bond donors (Lipinski definition) is 1. The number of carbonyl (C=O) groups is 3. The van der Waals surface area contributed by atoms with E-state index in [1.54, 1.807) is 12.1 Å². The highest BCUT2D eigenvalue weighted by Gasteiger charge is 2.34. The number of amides is 2. The molecule has 5 heteroatoms. The van der Waals surface area contributed by atoms with E-state index in [2.05, 4.69) is 5.32 Å². The molecule has 5 nitrogen and oxygen atoms in total. The molecule has 0 spiro atoms. The van der Waals surface area contributed by atoms with Crippen LogP contribution in [0.1, 0.15) is 12.2 Å².